The molecule has 3 aromatic carbocycles. The van der Waals surface area contributed by atoms with Crippen molar-refractivity contribution in [1.82, 2.24) is 10.2 Å². The first-order valence-electron chi connectivity index (χ1n) is 13.5. The summed E-state index contributed by atoms with van der Waals surface area (Å²) in [6, 6.07) is 17.6. The molecule has 3 rings (SSSR count). The lowest BCUT2D eigenvalue weighted by Crippen LogP contribution is -2.52. The quantitative estimate of drug-likeness (QED) is 0.297. The van der Waals surface area contributed by atoms with Crippen LogP contribution in [-0.2, 0) is 26.2 Å². The maximum Gasteiger partial charge on any atom is 0.264 e. The van der Waals surface area contributed by atoms with Gasteiger partial charge in [0.1, 0.15) is 18.3 Å². The van der Waals surface area contributed by atoms with Gasteiger partial charge in [-0.05, 0) is 81.6 Å². The number of carbonyl (C=O) groups excluding carboxylic acids is 2. The van der Waals surface area contributed by atoms with Gasteiger partial charge in [0.15, 0.2) is 0 Å². The molecule has 41 heavy (non-hydrogen) atoms. The van der Waals surface area contributed by atoms with Gasteiger partial charge >= 0.3 is 0 Å². The fraction of sp³-hybridized carbons (Fsp3) is 0.355. The van der Waals surface area contributed by atoms with Gasteiger partial charge in [0.25, 0.3) is 10.0 Å². The second-order valence-corrected chi connectivity index (χ2v) is 12.3. The molecular formula is C31H38ClN3O5S. The normalized spacial score (nSPS) is 12.8. The highest BCUT2D eigenvalue weighted by molar-refractivity contribution is 7.92. The Morgan fingerprint density at radius 3 is 2.29 bits per heavy atom. The van der Waals surface area contributed by atoms with Crippen molar-refractivity contribution in [3.05, 3.63) is 88.4 Å². The van der Waals surface area contributed by atoms with Crippen molar-refractivity contribution in [1.29, 1.82) is 0 Å². The second-order valence-electron chi connectivity index (χ2n) is 10.1. The summed E-state index contributed by atoms with van der Waals surface area (Å²) in [7, 11) is -2.64. The van der Waals surface area contributed by atoms with Gasteiger partial charge in [0.2, 0.25) is 11.8 Å². The van der Waals surface area contributed by atoms with E-state index in [-0.39, 0.29) is 29.1 Å². The topological polar surface area (TPSA) is 96.0 Å². The number of ether oxygens (including phenoxy) is 1. The summed E-state index contributed by atoms with van der Waals surface area (Å²) in [5.41, 5.74) is 2.42. The summed E-state index contributed by atoms with van der Waals surface area (Å²) < 4.78 is 34.4. The molecule has 0 heterocycles. The Morgan fingerprint density at radius 1 is 1.00 bits per heavy atom. The zero-order valence-electron chi connectivity index (χ0n) is 24.3. The molecular weight excluding hydrogens is 562 g/mol. The molecule has 220 valence electrons. The minimum absolute atomic E-state index is 0.0391. The van der Waals surface area contributed by atoms with E-state index in [9.17, 15) is 18.0 Å². The SMILES string of the molecule is CC[C@@H](C)NC(=O)[C@H](C)N(Cc1cccc(OC)c1)C(=O)CN(c1cccc(Cl)c1C)S(=O)(=O)c1ccc(C)cc1. The van der Waals surface area contributed by atoms with Crippen LogP contribution in [0.4, 0.5) is 5.69 Å². The van der Waals surface area contributed by atoms with E-state index in [1.54, 1.807) is 69.5 Å². The monoisotopic (exact) mass is 599 g/mol. The molecule has 0 aliphatic heterocycles. The van der Waals surface area contributed by atoms with Gasteiger partial charge in [-0.2, -0.15) is 0 Å². The van der Waals surface area contributed by atoms with Crippen LogP contribution in [0.5, 0.6) is 5.75 Å². The van der Waals surface area contributed by atoms with Gasteiger partial charge < -0.3 is 15.0 Å². The molecule has 1 N–H and O–H groups in total. The summed E-state index contributed by atoms with van der Waals surface area (Å²) in [6.45, 7) is 8.57. The highest BCUT2D eigenvalue weighted by atomic mass is 35.5. The molecule has 0 radical (unpaired) electrons. The molecule has 0 fully saturated rings. The third-order valence-corrected chi connectivity index (χ3v) is 9.23. The maximum atomic E-state index is 14.1. The summed E-state index contributed by atoms with van der Waals surface area (Å²) in [6.07, 6.45) is 0.721. The number of sulfonamides is 1. The van der Waals surface area contributed by atoms with Gasteiger partial charge in [0, 0.05) is 17.6 Å². The van der Waals surface area contributed by atoms with Gasteiger partial charge in [-0.25, -0.2) is 8.42 Å². The number of aryl methyl sites for hydroxylation is 1. The molecule has 0 saturated carbocycles. The number of hydrogen-bond donors (Lipinski definition) is 1. The molecule has 2 atom stereocenters. The van der Waals surface area contributed by atoms with Crippen LogP contribution >= 0.6 is 11.6 Å². The van der Waals surface area contributed by atoms with E-state index in [1.807, 2.05) is 26.8 Å². The molecule has 0 aromatic heterocycles. The van der Waals surface area contributed by atoms with E-state index in [4.69, 9.17) is 16.3 Å². The van der Waals surface area contributed by atoms with Gasteiger partial charge in [-0.3, -0.25) is 13.9 Å². The number of anilines is 1. The van der Waals surface area contributed by atoms with Crippen molar-refractivity contribution in [2.45, 2.75) is 64.6 Å². The van der Waals surface area contributed by atoms with Gasteiger partial charge in [-0.1, -0.05) is 54.4 Å². The average molecular weight is 600 g/mol. The van der Waals surface area contributed by atoms with Crippen LogP contribution in [0.15, 0.2) is 71.6 Å². The van der Waals surface area contributed by atoms with Crippen LogP contribution in [-0.4, -0.2) is 50.9 Å². The Morgan fingerprint density at radius 2 is 1.66 bits per heavy atom. The predicted octanol–water partition coefficient (Wildman–Crippen LogP) is 5.49. The van der Waals surface area contributed by atoms with Crippen molar-refractivity contribution >= 4 is 39.1 Å². The molecule has 0 unspecified atom stereocenters. The van der Waals surface area contributed by atoms with Crippen LogP contribution in [0.2, 0.25) is 5.02 Å². The largest absolute Gasteiger partial charge is 0.497 e. The first-order chi connectivity index (χ1) is 19.4. The number of carbonyl (C=O) groups is 2. The minimum atomic E-state index is -4.18. The third-order valence-electron chi connectivity index (χ3n) is 7.05. The van der Waals surface area contributed by atoms with Gasteiger partial charge in [0.05, 0.1) is 17.7 Å². The van der Waals surface area contributed by atoms with Crippen molar-refractivity contribution < 1.29 is 22.7 Å². The Bertz CT molecular complexity index is 1480. The standard InChI is InChI=1S/C31H38ClN3O5S/c1-7-22(3)33-31(37)24(5)34(19-25-10-8-11-26(18-25)40-6)30(36)20-35(29-13-9-12-28(32)23(29)4)41(38,39)27-16-14-21(2)15-17-27/h8-18,22,24H,7,19-20H2,1-6H3,(H,33,37)/t22-,24+/m1/s1. The summed E-state index contributed by atoms with van der Waals surface area (Å²) in [5.74, 6) is -0.276. The molecule has 8 nitrogen and oxygen atoms in total. The van der Waals surface area contributed by atoms with Gasteiger partial charge in [-0.15, -0.1) is 0 Å². The number of nitrogens with zero attached hydrogens (tertiary/aromatic N) is 2. The number of hydrogen-bond acceptors (Lipinski definition) is 5. The van der Waals surface area contributed by atoms with E-state index in [2.05, 4.69) is 5.32 Å². The van der Waals surface area contributed by atoms with E-state index < -0.39 is 28.5 Å². The van der Waals surface area contributed by atoms with Crippen molar-refractivity contribution in [2.75, 3.05) is 18.0 Å². The number of methoxy groups -OCH3 is 1. The Kier molecular flexibility index (Phi) is 10.8. The van der Waals surface area contributed by atoms with Crippen LogP contribution in [0.1, 0.15) is 43.9 Å². The molecule has 0 aliphatic carbocycles. The average Bonchev–Trinajstić information content (AvgIpc) is 2.95. The maximum absolute atomic E-state index is 14.1. The molecule has 3 aromatic rings. The third kappa shape index (κ3) is 7.80. The Balaban J connectivity index is 2.08. The van der Waals surface area contributed by atoms with Crippen LogP contribution in [0.3, 0.4) is 0 Å². The number of halogens is 1. The number of benzene rings is 3. The zero-order chi connectivity index (χ0) is 30.3. The van der Waals surface area contributed by atoms with E-state index in [0.717, 1.165) is 21.9 Å². The van der Waals surface area contributed by atoms with Crippen molar-refractivity contribution in [3.8, 4) is 5.75 Å². The minimum Gasteiger partial charge on any atom is -0.497 e. The Hall–Kier alpha value is -3.56. The first-order valence-corrected chi connectivity index (χ1v) is 15.3. The summed E-state index contributed by atoms with van der Waals surface area (Å²) in [4.78, 5) is 28.7. The Labute approximate surface area is 248 Å². The smallest absolute Gasteiger partial charge is 0.264 e. The lowest BCUT2D eigenvalue weighted by Gasteiger charge is -2.33. The van der Waals surface area contributed by atoms with Crippen LogP contribution in [0, 0.1) is 13.8 Å². The summed E-state index contributed by atoms with van der Waals surface area (Å²) >= 11 is 6.38. The van der Waals surface area contributed by atoms with E-state index >= 15 is 0 Å². The first kappa shape index (κ1) is 32.0. The fourth-order valence-corrected chi connectivity index (χ4v) is 5.87. The fourth-order valence-electron chi connectivity index (χ4n) is 4.23. The lowest BCUT2D eigenvalue weighted by molar-refractivity contribution is -0.139. The molecule has 2 amide bonds. The number of nitrogens with one attached hydrogen (secondary N) is 1. The molecule has 0 saturated heterocycles. The number of rotatable bonds is 12. The number of amides is 2. The highest BCUT2D eigenvalue weighted by Crippen LogP contribution is 2.31. The highest BCUT2D eigenvalue weighted by Gasteiger charge is 2.33. The molecule has 0 bridgehead atoms. The van der Waals surface area contributed by atoms with E-state index in [1.165, 1.54) is 17.0 Å². The second kappa shape index (κ2) is 13.9. The summed E-state index contributed by atoms with van der Waals surface area (Å²) in [5, 5.41) is 3.30. The van der Waals surface area contributed by atoms with Crippen molar-refractivity contribution in [2.24, 2.45) is 0 Å². The van der Waals surface area contributed by atoms with E-state index in [0.29, 0.717) is 16.3 Å². The predicted molar refractivity (Wildman–Crippen MR) is 163 cm³/mol. The lowest BCUT2D eigenvalue weighted by atomic mass is 10.1. The van der Waals surface area contributed by atoms with Crippen LogP contribution < -0.4 is 14.4 Å². The molecule has 0 spiro atoms. The zero-order valence-corrected chi connectivity index (χ0v) is 25.9. The molecule has 10 heteroatoms. The van der Waals surface area contributed by atoms with Crippen LogP contribution in [0.25, 0.3) is 0 Å². The van der Waals surface area contributed by atoms with Crippen molar-refractivity contribution in [3.63, 3.8) is 0 Å². The molecule has 0 aliphatic rings.